The molecule has 1 amide bonds. The van der Waals surface area contributed by atoms with Crippen molar-refractivity contribution in [1.29, 1.82) is 0 Å². The summed E-state index contributed by atoms with van der Waals surface area (Å²) in [5, 5.41) is 3.20. The van der Waals surface area contributed by atoms with E-state index in [9.17, 15) is 4.79 Å². The summed E-state index contributed by atoms with van der Waals surface area (Å²) in [7, 11) is 1.63. The maximum absolute atomic E-state index is 12.3. The Morgan fingerprint density at radius 1 is 1.48 bits per heavy atom. The van der Waals surface area contributed by atoms with Gasteiger partial charge in [0.2, 0.25) is 5.91 Å². The van der Waals surface area contributed by atoms with E-state index in [1.54, 1.807) is 13.4 Å². The van der Waals surface area contributed by atoms with Crippen LogP contribution in [0.15, 0.2) is 22.8 Å². The van der Waals surface area contributed by atoms with Gasteiger partial charge in [0.1, 0.15) is 5.76 Å². The van der Waals surface area contributed by atoms with Gasteiger partial charge in [0.25, 0.3) is 0 Å². The van der Waals surface area contributed by atoms with Crippen molar-refractivity contribution in [3.63, 3.8) is 0 Å². The first kappa shape index (κ1) is 16.0. The maximum atomic E-state index is 12.3. The smallest absolute Gasteiger partial charge is 0.236 e. The minimum Gasteiger partial charge on any atom is -0.468 e. The summed E-state index contributed by atoms with van der Waals surface area (Å²) in [4.78, 5) is 14.1. The van der Waals surface area contributed by atoms with Crippen molar-refractivity contribution in [3.8, 4) is 0 Å². The molecule has 0 aromatic carbocycles. The van der Waals surface area contributed by atoms with E-state index < -0.39 is 0 Å². The molecule has 0 spiro atoms. The molecule has 118 valence electrons. The van der Waals surface area contributed by atoms with E-state index in [1.165, 1.54) is 0 Å². The summed E-state index contributed by atoms with van der Waals surface area (Å²) in [6.07, 6.45) is 1.78. The fraction of sp³-hybridized carbons (Fsp3) is 0.667. The molecule has 1 fully saturated rings. The summed E-state index contributed by atoms with van der Waals surface area (Å²) >= 11 is 0. The van der Waals surface area contributed by atoms with E-state index >= 15 is 0 Å². The second kappa shape index (κ2) is 7.59. The van der Waals surface area contributed by atoms with Crippen LogP contribution in [0.4, 0.5) is 0 Å². The molecule has 0 bridgehead atoms. The van der Waals surface area contributed by atoms with Gasteiger partial charge < -0.3 is 18.8 Å². The van der Waals surface area contributed by atoms with Gasteiger partial charge in [-0.2, -0.15) is 0 Å². The molecule has 1 N–H and O–H groups in total. The van der Waals surface area contributed by atoms with E-state index in [4.69, 9.17) is 13.9 Å². The number of hydrogen-bond donors (Lipinski definition) is 1. The van der Waals surface area contributed by atoms with Crippen LogP contribution in [-0.2, 0) is 14.3 Å². The van der Waals surface area contributed by atoms with Crippen LogP contribution in [0.2, 0.25) is 0 Å². The number of morpholine rings is 1. The molecule has 1 saturated heterocycles. The summed E-state index contributed by atoms with van der Waals surface area (Å²) in [6, 6.07) is 3.58. The summed E-state index contributed by atoms with van der Waals surface area (Å²) in [6.45, 7) is 5.96. The van der Waals surface area contributed by atoms with E-state index in [0.29, 0.717) is 19.7 Å². The zero-order valence-corrected chi connectivity index (χ0v) is 12.9. The van der Waals surface area contributed by atoms with Crippen molar-refractivity contribution < 1.29 is 18.7 Å². The van der Waals surface area contributed by atoms with Gasteiger partial charge in [-0.1, -0.05) is 0 Å². The lowest BCUT2D eigenvalue weighted by Crippen LogP contribution is -2.50. The minimum absolute atomic E-state index is 0.0738. The number of rotatable bonds is 6. The molecule has 0 radical (unpaired) electrons. The predicted molar refractivity (Wildman–Crippen MR) is 77.9 cm³/mol. The topological polar surface area (TPSA) is 63.9 Å². The Labute approximate surface area is 125 Å². The zero-order chi connectivity index (χ0) is 15.2. The van der Waals surface area contributed by atoms with Gasteiger partial charge >= 0.3 is 0 Å². The largest absolute Gasteiger partial charge is 0.468 e. The SMILES string of the molecule is COCC(NCC(=O)N1CC(C)OC(C)C1)c1ccco1. The first-order chi connectivity index (χ1) is 10.1. The number of furan rings is 1. The normalized spacial score (nSPS) is 24.0. The van der Waals surface area contributed by atoms with Gasteiger partial charge in [0.15, 0.2) is 0 Å². The number of ether oxygens (including phenoxy) is 2. The Kier molecular flexibility index (Phi) is 5.78. The molecule has 1 aliphatic heterocycles. The molecule has 1 aromatic rings. The summed E-state index contributed by atoms with van der Waals surface area (Å²) in [5.41, 5.74) is 0. The lowest BCUT2D eigenvalue weighted by Gasteiger charge is -2.35. The molecule has 1 aliphatic rings. The zero-order valence-electron chi connectivity index (χ0n) is 12.9. The van der Waals surface area contributed by atoms with Crippen LogP contribution < -0.4 is 5.32 Å². The van der Waals surface area contributed by atoms with Crippen LogP contribution in [0, 0.1) is 0 Å². The Hall–Kier alpha value is -1.37. The van der Waals surface area contributed by atoms with Crippen LogP contribution in [0.1, 0.15) is 25.6 Å². The highest BCUT2D eigenvalue weighted by Gasteiger charge is 2.26. The quantitative estimate of drug-likeness (QED) is 0.854. The van der Waals surface area contributed by atoms with Crippen molar-refractivity contribution in [1.82, 2.24) is 10.2 Å². The Balaban J connectivity index is 1.87. The molecule has 0 aliphatic carbocycles. The van der Waals surface area contributed by atoms with Gasteiger partial charge in [0.05, 0.1) is 37.7 Å². The number of nitrogens with one attached hydrogen (secondary N) is 1. The van der Waals surface area contributed by atoms with Gasteiger partial charge in [0, 0.05) is 20.2 Å². The van der Waals surface area contributed by atoms with Crippen molar-refractivity contribution in [2.75, 3.05) is 33.4 Å². The van der Waals surface area contributed by atoms with E-state index in [0.717, 1.165) is 5.76 Å². The fourth-order valence-electron chi connectivity index (χ4n) is 2.60. The van der Waals surface area contributed by atoms with Crippen LogP contribution >= 0.6 is 0 Å². The van der Waals surface area contributed by atoms with Crippen LogP contribution in [0.25, 0.3) is 0 Å². The Bertz CT molecular complexity index is 425. The van der Waals surface area contributed by atoms with Gasteiger partial charge in [-0.3, -0.25) is 10.1 Å². The Morgan fingerprint density at radius 3 is 2.76 bits per heavy atom. The maximum Gasteiger partial charge on any atom is 0.236 e. The van der Waals surface area contributed by atoms with E-state index in [-0.39, 0.29) is 30.7 Å². The highest BCUT2D eigenvalue weighted by atomic mass is 16.5. The molecule has 0 saturated carbocycles. The molecule has 6 heteroatoms. The van der Waals surface area contributed by atoms with Crippen molar-refractivity contribution in [3.05, 3.63) is 24.2 Å². The van der Waals surface area contributed by atoms with Crippen LogP contribution in [0.5, 0.6) is 0 Å². The molecule has 3 atom stereocenters. The highest BCUT2D eigenvalue weighted by molar-refractivity contribution is 5.78. The average Bonchev–Trinajstić information content (AvgIpc) is 2.96. The number of carbonyl (C=O) groups excluding carboxylic acids is 1. The molecule has 2 rings (SSSR count). The lowest BCUT2D eigenvalue weighted by atomic mass is 10.2. The lowest BCUT2D eigenvalue weighted by molar-refractivity contribution is -0.142. The molecule has 6 nitrogen and oxygen atoms in total. The number of nitrogens with zero attached hydrogens (tertiary/aromatic N) is 1. The Morgan fingerprint density at radius 2 is 2.19 bits per heavy atom. The van der Waals surface area contributed by atoms with Crippen LogP contribution in [0.3, 0.4) is 0 Å². The van der Waals surface area contributed by atoms with Crippen molar-refractivity contribution in [2.45, 2.75) is 32.1 Å². The standard InChI is InChI=1S/C15H24N2O4/c1-11-8-17(9-12(2)21-11)15(18)7-16-13(10-19-3)14-5-4-6-20-14/h4-6,11-13,16H,7-10H2,1-3H3. The number of carbonyl (C=O) groups is 1. The minimum atomic E-state index is -0.121. The number of hydrogen-bond acceptors (Lipinski definition) is 5. The third kappa shape index (κ3) is 4.56. The van der Waals surface area contributed by atoms with Crippen LogP contribution in [-0.4, -0.2) is 56.4 Å². The van der Waals surface area contributed by atoms with Gasteiger partial charge in [-0.05, 0) is 26.0 Å². The van der Waals surface area contributed by atoms with E-state index in [2.05, 4.69) is 5.32 Å². The monoisotopic (exact) mass is 296 g/mol. The second-order valence-electron chi connectivity index (χ2n) is 5.46. The van der Waals surface area contributed by atoms with Crippen molar-refractivity contribution >= 4 is 5.91 Å². The molecular weight excluding hydrogens is 272 g/mol. The highest BCUT2D eigenvalue weighted by Crippen LogP contribution is 2.14. The third-order valence-corrected chi connectivity index (χ3v) is 3.49. The average molecular weight is 296 g/mol. The summed E-state index contributed by atoms with van der Waals surface area (Å²) < 4.78 is 16.2. The van der Waals surface area contributed by atoms with Gasteiger partial charge in [-0.15, -0.1) is 0 Å². The molecule has 21 heavy (non-hydrogen) atoms. The molecule has 2 heterocycles. The fourth-order valence-corrected chi connectivity index (χ4v) is 2.60. The molecular formula is C15H24N2O4. The second-order valence-corrected chi connectivity index (χ2v) is 5.46. The third-order valence-electron chi connectivity index (χ3n) is 3.49. The van der Waals surface area contributed by atoms with Gasteiger partial charge in [-0.25, -0.2) is 0 Å². The number of amides is 1. The molecule has 3 unspecified atom stereocenters. The summed E-state index contributed by atoms with van der Waals surface area (Å²) in [5.74, 6) is 0.845. The number of methoxy groups -OCH3 is 1. The van der Waals surface area contributed by atoms with Crippen molar-refractivity contribution in [2.24, 2.45) is 0 Å². The molecule has 1 aromatic heterocycles. The first-order valence-electron chi connectivity index (χ1n) is 7.29. The van der Waals surface area contributed by atoms with E-state index in [1.807, 2.05) is 30.9 Å². The predicted octanol–water partition coefficient (Wildman–Crippen LogP) is 1.19. The first-order valence-corrected chi connectivity index (χ1v) is 7.29.